The number of H-pyrrole nitrogens is 1. The number of hydrogen-bond donors (Lipinski definition) is 3. The average Bonchev–Trinajstić information content (AvgIpc) is 3.36. The molecule has 0 radical (unpaired) electrons. The Morgan fingerprint density at radius 2 is 2.33 bits per heavy atom. The number of aliphatic hydroxyl groups excluding tert-OH is 1. The van der Waals surface area contributed by atoms with Gasteiger partial charge in [-0.1, -0.05) is 5.16 Å². The summed E-state index contributed by atoms with van der Waals surface area (Å²) in [5.41, 5.74) is 2.53. The maximum Gasteiger partial charge on any atom is 0.252 e. The van der Waals surface area contributed by atoms with E-state index in [0.29, 0.717) is 31.3 Å². The molecular weight excluding hydrogens is 350 g/mol. The van der Waals surface area contributed by atoms with Crippen molar-refractivity contribution in [1.29, 1.82) is 5.41 Å². The first kappa shape index (κ1) is 18.9. The second kappa shape index (κ2) is 9.17. The van der Waals surface area contributed by atoms with Gasteiger partial charge in [0.1, 0.15) is 12.4 Å². The Morgan fingerprint density at radius 3 is 3.07 bits per heavy atom. The van der Waals surface area contributed by atoms with Gasteiger partial charge in [0.2, 0.25) is 0 Å². The second-order valence-corrected chi connectivity index (χ2v) is 5.78. The van der Waals surface area contributed by atoms with E-state index in [1.807, 2.05) is 12.2 Å². The predicted molar refractivity (Wildman–Crippen MR) is 98.8 cm³/mol. The topological polar surface area (TPSA) is 130 Å². The molecule has 9 heteroatoms. The fraction of sp³-hybridized carbons (Fsp3) is 0.333. The van der Waals surface area contributed by atoms with Crippen LogP contribution in [0.5, 0.6) is 0 Å². The number of ether oxygens (including phenoxy) is 2. The van der Waals surface area contributed by atoms with Crippen LogP contribution < -0.4 is 0 Å². The minimum atomic E-state index is -0.306. The first-order chi connectivity index (χ1) is 13.2. The molecule has 142 valence electrons. The first-order valence-electron chi connectivity index (χ1n) is 8.42. The molecule has 1 aliphatic carbocycles. The van der Waals surface area contributed by atoms with Crippen molar-refractivity contribution in [1.82, 2.24) is 20.1 Å². The minimum Gasteiger partial charge on any atom is -0.387 e. The van der Waals surface area contributed by atoms with Crippen LogP contribution in [0.25, 0.3) is 17.2 Å². The molecule has 2 heterocycles. The van der Waals surface area contributed by atoms with E-state index in [9.17, 15) is 0 Å². The van der Waals surface area contributed by atoms with E-state index in [1.54, 1.807) is 25.5 Å². The van der Waals surface area contributed by atoms with Gasteiger partial charge in [-0.15, -0.1) is 0 Å². The van der Waals surface area contributed by atoms with Crippen LogP contribution in [-0.2, 0) is 16.1 Å². The second-order valence-electron chi connectivity index (χ2n) is 5.78. The Kier molecular flexibility index (Phi) is 6.42. The summed E-state index contributed by atoms with van der Waals surface area (Å²) in [6, 6.07) is 0. The average molecular weight is 371 g/mol. The van der Waals surface area contributed by atoms with Crippen molar-refractivity contribution in [2.45, 2.75) is 19.1 Å². The number of aromatic amines is 1. The van der Waals surface area contributed by atoms with Crippen molar-refractivity contribution in [3.63, 3.8) is 0 Å². The van der Waals surface area contributed by atoms with Crippen LogP contribution in [-0.4, -0.2) is 57.9 Å². The number of aromatic nitrogens is 4. The lowest BCUT2D eigenvalue weighted by Gasteiger charge is -2.20. The first-order valence-corrected chi connectivity index (χ1v) is 8.42. The Hall–Kier alpha value is -2.88. The highest BCUT2D eigenvalue weighted by atomic mass is 16.5. The summed E-state index contributed by atoms with van der Waals surface area (Å²) >= 11 is 0. The summed E-state index contributed by atoms with van der Waals surface area (Å²) in [6.45, 7) is 0.654. The zero-order valence-corrected chi connectivity index (χ0v) is 14.9. The van der Waals surface area contributed by atoms with Gasteiger partial charge in [-0.2, -0.15) is 4.98 Å². The van der Waals surface area contributed by atoms with Crippen molar-refractivity contribution in [2.24, 2.45) is 0 Å². The highest BCUT2D eigenvalue weighted by Gasteiger charge is 2.22. The van der Waals surface area contributed by atoms with Gasteiger partial charge in [0.15, 0.2) is 5.82 Å². The molecule has 3 N–H and O–H groups in total. The molecule has 1 atom stereocenters. The van der Waals surface area contributed by atoms with Gasteiger partial charge in [0.25, 0.3) is 5.89 Å². The fourth-order valence-corrected chi connectivity index (χ4v) is 2.64. The molecule has 0 saturated heterocycles. The van der Waals surface area contributed by atoms with Crippen LogP contribution in [0.1, 0.15) is 29.7 Å². The van der Waals surface area contributed by atoms with Crippen molar-refractivity contribution < 1.29 is 19.1 Å². The van der Waals surface area contributed by atoms with Crippen molar-refractivity contribution in [3.05, 3.63) is 47.7 Å². The van der Waals surface area contributed by atoms with Gasteiger partial charge in [-0.3, -0.25) is 0 Å². The molecule has 1 aliphatic rings. The van der Waals surface area contributed by atoms with Crippen LogP contribution in [0.2, 0.25) is 0 Å². The van der Waals surface area contributed by atoms with E-state index in [-0.39, 0.29) is 18.6 Å². The molecule has 0 amide bonds. The smallest absolute Gasteiger partial charge is 0.252 e. The lowest BCUT2D eigenvalue weighted by molar-refractivity contribution is 0.0417. The number of rotatable bonds is 9. The van der Waals surface area contributed by atoms with E-state index in [0.717, 1.165) is 16.8 Å². The molecule has 2 aromatic rings. The summed E-state index contributed by atoms with van der Waals surface area (Å²) in [5, 5.41) is 20.1. The van der Waals surface area contributed by atoms with Gasteiger partial charge in [0.05, 0.1) is 31.2 Å². The summed E-state index contributed by atoms with van der Waals surface area (Å²) in [7, 11) is 1.63. The Bertz CT molecular complexity index is 865. The number of nitrogens with zero attached hydrogens (tertiary/aromatic N) is 3. The Balaban J connectivity index is 1.87. The van der Waals surface area contributed by atoms with Crippen molar-refractivity contribution >= 4 is 23.4 Å². The Labute approximate surface area is 155 Å². The molecule has 9 nitrogen and oxygen atoms in total. The third kappa shape index (κ3) is 4.85. The zero-order chi connectivity index (χ0) is 19.1. The van der Waals surface area contributed by atoms with Crippen molar-refractivity contribution in [2.75, 3.05) is 20.3 Å². The Morgan fingerprint density at radius 1 is 1.44 bits per heavy atom. The molecule has 27 heavy (non-hydrogen) atoms. The highest BCUT2D eigenvalue weighted by Crippen LogP contribution is 2.31. The largest absolute Gasteiger partial charge is 0.387 e. The van der Waals surface area contributed by atoms with Gasteiger partial charge >= 0.3 is 0 Å². The third-order valence-electron chi connectivity index (χ3n) is 3.88. The van der Waals surface area contributed by atoms with Crippen molar-refractivity contribution in [3.8, 4) is 0 Å². The number of imidazole rings is 1. The summed E-state index contributed by atoms with van der Waals surface area (Å²) < 4.78 is 15.9. The van der Waals surface area contributed by atoms with E-state index in [2.05, 4.69) is 20.1 Å². The normalized spacial score (nSPS) is 17.2. The third-order valence-corrected chi connectivity index (χ3v) is 3.88. The molecule has 1 unspecified atom stereocenters. The van der Waals surface area contributed by atoms with Gasteiger partial charge in [0, 0.05) is 25.3 Å². The molecule has 0 bridgehead atoms. The molecule has 0 spiro atoms. The van der Waals surface area contributed by atoms with Crippen LogP contribution in [0.4, 0.5) is 0 Å². The zero-order valence-electron chi connectivity index (χ0n) is 14.9. The van der Waals surface area contributed by atoms with Gasteiger partial charge < -0.3 is 29.5 Å². The van der Waals surface area contributed by atoms with E-state index in [1.165, 1.54) is 6.21 Å². The molecule has 0 aromatic carbocycles. The highest BCUT2D eigenvalue weighted by molar-refractivity contribution is 5.84. The number of allylic oxidation sites excluding steroid dienone is 3. The molecule has 3 rings (SSSR count). The van der Waals surface area contributed by atoms with Crippen LogP contribution >= 0.6 is 0 Å². The molecule has 0 fully saturated rings. The molecule has 0 aliphatic heterocycles. The monoisotopic (exact) mass is 371 g/mol. The SMILES string of the molecule is COCCOC1C=C(c2cnc(/C=C\C=N)[nH]2)C=C(c2noc(CO)n2)C1. The summed E-state index contributed by atoms with van der Waals surface area (Å²) in [6.07, 6.45) is 10.5. The molecule has 0 saturated carbocycles. The van der Waals surface area contributed by atoms with Crippen LogP contribution in [0.15, 0.2) is 28.9 Å². The molecule has 2 aromatic heterocycles. The number of nitrogens with one attached hydrogen (secondary N) is 2. The lowest BCUT2D eigenvalue weighted by atomic mass is 9.95. The standard InChI is InChI=1S/C18H21N5O4/c1-25-5-6-26-14-8-12(15-10-20-16(21-15)3-2-4-19)7-13(9-14)18-22-17(11-24)27-23-18/h2-4,7-8,10,14,19,24H,5-6,9,11H2,1H3,(H,20,21)/b3-2-,19-4?. The van der Waals surface area contributed by atoms with Crippen LogP contribution in [0, 0.1) is 5.41 Å². The van der Waals surface area contributed by atoms with Crippen LogP contribution in [0.3, 0.4) is 0 Å². The number of methoxy groups -OCH3 is 1. The lowest BCUT2D eigenvalue weighted by Crippen LogP contribution is -2.17. The summed E-state index contributed by atoms with van der Waals surface area (Å²) in [4.78, 5) is 11.7. The van der Waals surface area contributed by atoms with E-state index >= 15 is 0 Å². The molecular formula is C18H21N5O4. The minimum absolute atomic E-state index is 0.166. The van der Waals surface area contributed by atoms with Gasteiger partial charge in [-0.25, -0.2) is 4.98 Å². The maximum absolute atomic E-state index is 9.15. The predicted octanol–water partition coefficient (Wildman–Crippen LogP) is 1.85. The maximum atomic E-state index is 9.15. The van der Waals surface area contributed by atoms with Gasteiger partial charge in [-0.05, 0) is 29.9 Å². The quantitative estimate of drug-likeness (QED) is 0.453. The summed E-state index contributed by atoms with van der Waals surface area (Å²) in [5.74, 6) is 1.24. The fourth-order valence-electron chi connectivity index (χ4n) is 2.64. The number of hydrogen-bond acceptors (Lipinski definition) is 8. The van der Waals surface area contributed by atoms with E-state index < -0.39 is 0 Å². The number of aliphatic hydroxyl groups is 1. The van der Waals surface area contributed by atoms with E-state index in [4.69, 9.17) is 24.5 Å².